The largest absolute Gasteiger partial charge is 0.481 e. The zero-order valence-electron chi connectivity index (χ0n) is 7.58. The highest BCUT2D eigenvalue weighted by Crippen LogP contribution is 2.18. The van der Waals surface area contributed by atoms with Crippen LogP contribution < -0.4 is 4.74 Å². The molecular weight excluding hydrogens is 188 g/mol. The van der Waals surface area contributed by atoms with Gasteiger partial charge in [0, 0.05) is 0 Å². The second-order valence-corrected chi connectivity index (χ2v) is 3.20. The Hall–Kier alpha value is -1.02. The number of ether oxygens (including phenoxy) is 1. The van der Waals surface area contributed by atoms with Gasteiger partial charge in [0.05, 0.1) is 0 Å². The van der Waals surface area contributed by atoms with Gasteiger partial charge in [0.15, 0.2) is 6.10 Å². The number of halogens is 1. The van der Waals surface area contributed by atoms with E-state index in [0.717, 1.165) is 5.56 Å². The first-order valence-corrected chi connectivity index (χ1v) is 4.40. The molecule has 0 heterocycles. The summed E-state index contributed by atoms with van der Waals surface area (Å²) in [6.45, 7) is 3.54. The lowest BCUT2D eigenvalue weighted by Gasteiger charge is -2.12. The lowest BCUT2D eigenvalue weighted by atomic mass is 10.2. The van der Waals surface area contributed by atoms with Crippen LogP contribution in [-0.4, -0.2) is 11.3 Å². The van der Waals surface area contributed by atoms with Crippen LogP contribution in [0.3, 0.4) is 0 Å². The number of para-hydroxylation sites is 1. The van der Waals surface area contributed by atoms with E-state index in [2.05, 4.69) is 0 Å². The maximum absolute atomic E-state index is 10.7. The van der Waals surface area contributed by atoms with E-state index in [4.69, 9.17) is 16.3 Å². The van der Waals surface area contributed by atoms with Crippen molar-refractivity contribution in [1.29, 1.82) is 0 Å². The van der Waals surface area contributed by atoms with Crippen molar-refractivity contribution in [3.63, 3.8) is 0 Å². The van der Waals surface area contributed by atoms with Crippen molar-refractivity contribution >= 4 is 16.8 Å². The van der Waals surface area contributed by atoms with Gasteiger partial charge >= 0.3 is 0 Å². The van der Waals surface area contributed by atoms with Crippen LogP contribution in [0.5, 0.6) is 5.75 Å². The molecule has 0 amide bonds. The van der Waals surface area contributed by atoms with E-state index in [-0.39, 0.29) is 0 Å². The van der Waals surface area contributed by atoms with Crippen molar-refractivity contribution in [2.45, 2.75) is 20.0 Å². The molecule has 0 aromatic heterocycles. The Labute approximate surface area is 82.5 Å². The summed E-state index contributed by atoms with van der Waals surface area (Å²) in [4.78, 5) is 10.7. The zero-order valence-corrected chi connectivity index (χ0v) is 8.34. The molecule has 1 aromatic rings. The van der Waals surface area contributed by atoms with Crippen LogP contribution in [0.25, 0.3) is 0 Å². The topological polar surface area (TPSA) is 26.3 Å². The van der Waals surface area contributed by atoms with Gasteiger partial charge in [-0.2, -0.15) is 0 Å². The third-order valence-corrected chi connectivity index (χ3v) is 2.02. The van der Waals surface area contributed by atoms with Gasteiger partial charge in [-0.05, 0) is 37.1 Å². The summed E-state index contributed by atoms with van der Waals surface area (Å²) in [5.41, 5.74) is 0.993. The van der Waals surface area contributed by atoms with E-state index in [0.29, 0.717) is 5.75 Å². The monoisotopic (exact) mass is 198 g/mol. The normalized spacial score (nSPS) is 12.2. The van der Waals surface area contributed by atoms with Gasteiger partial charge in [0.25, 0.3) is 5.24 Å². The Kier molecular flexibility index (Phi) is 3.32. The second kappa shape index (κ2) is 4.28. The first kappa shape index (κ1) is 10.1. The molecule has 3 heteroatoms. The quantitative estimate of drug-likeness (QED) is 0.698. The predicted molar refractivity (Wildman–Crippen MR) is 52.1 cm³/mol. The van der Waals surface area contributed by atoms with Crippen LogP contribution >= 0.6 is 11.6 Å². The van der Waals surface area contributed by atoms with E-state index in [1.165, 1.54) is 0 Å². The Bertz CT molecular complexity index is 310. The van der Waals surface area contributed by atoms with E-state index in [1.807, 2.05) is 31.2 Å². The summed E-state index contributed by atoms with van der Waals surface area (Å²) in [7, 11) is 0. The minimum absolute atomic E-state index is 0.483. The Morgan fingerprint density at radius 2 is 2.08 bits per heavy atom. The number of aryl methyl sites for hydroxylation is 1. The van der Waals surface area contributed by atoms with Crippen LogP contribution in [0.2, 0.25) is 0 Å². The highest BCUT2D eigenvalue weighted by atomic mass is 35.5. The van der Waals surface area contributed by atoms with E-state index in [1.54, 1.807) is 6.92 Å². The molecule has 0 aliphatic rings. The fourth-order valence-corrected chi connectivity index (χ4v) is 0.970. The molecule has 0 bridgehead atoms. The van der Waals surface area contributed by atoms with Crippen molar-refractivity contribution in [1.82, 2.24) is 0 Å². The summed E-state index contributed by atoms with van der Waals surface area (Å²) in [6, 6.07) is 7.50. The Morgan fingerprint density at radius 1 is 1.46 bits per heavy atom. The first-order chi connectivity index (χ1) is 6.11. The Morgan fingerprint density at radius 3 is 2.62 bits per heavy atom. The average molecular weight is 199 g/mol. The third kappa shape index (κ3) is 2.74. The van der Waals surface area contributed by atoms with Gasteiger partial charge in [-0.1, -0.05) is 18.2 Å². The molecule has 0 saturated heterocycles. The minimum Gasteiger partial charge on any atom is -0.481 e. The molecule has 2 nitrogen and oxygen atoms in total. The van der Waals surface area contributed by atoms with Crippen molar-refractivity contribution in [2.24, 2.45) is 0 Å². The van der Waals surface area contributed by atoms with E-state index < -0.39 is 11.3 Å². The molecule has 0 saturated carbocycles. The van der Waals surface area contributed by atoms with Gasteiger partial charge in [-0.3, -0.25) is 4.79 Å². The molecule has 0 N–H and O–H groups in total. The van der Waals surface area contributed by atoms with Crippen LogP contribution in [0.1, 0.15) is 12.5 Å². The highest BCUT2D eigenvalue weighted by molar-refractivity contribution is 6.64. The number of hydrogen-bond acceptors (Lipinski definition) is 2. The number of carbonyl (C=O) groups excluding carboxylic acids is 1. The van der Waals surface area contributed by atoms with E-state index in [9.17, 15) is 4.79 Å². The Balaban J connectivity index is 2.74. The molecule has 0 unspecified atom stereocenters. The van der Waals surface area contributed by atoms with Crippen molar-refractivity contribution in [2.75, 3.05) is 0 Å². The zero-order chi connectivity index (χ0) is 9.84. The maximum Gasteiger partial charge on any atom is 0.262 e. The summed E-state index contributed by atoms with van der Waals surface area (Å²) < 4.78 is 5.33. The smallest absolute Gasteiger partial charge is 0.262 e. The number of hydrogen-bond donors (Lipinski definition) is 0. The molecule has 0 aliphatic carbocycles. The molecule has 1 aromatic carbocycles. The van der Waals surface area contributed by atoms with Crippen molar-refractivity contribution < 1.29 is 9.53 Å². The lowest BCUT2D eigenvalue weighted by Crippen LogP contribution is -2.19. The predicted octanol–water partition coefficient (Wildman–Crippen LogP) is 2.53. The SMILES string of the molecule is Cc1ccccc1O[C@H](C)C(=O)Cl. The van der Waals surface area contributed by atoms with Crippen LogP contribution in [0.4, 0.5) is 0 Å². The standard InChI is InChI=1S/C10H11ClO2/c1-7-5-3-4-6-9(7)13-8(2)10(11)12/h3-6,8H,1-2H3/t8-/m1/s1. The molecule has 0 spiro atoms. The first-order valence-electron chi connectivity index (χ1n) is 4.03. The fraction of sp³-hybridized carbons (Fsp3) is 0.300. The lowest BCUT2D eigenvalue weighted by molar-refractivity contribution is -0.117. The molecule has 0 aliphatic heterocycles. The number of rotatable bonds is 3. The van der Waals surface area contributed by atoms with Gasteiger partial charge in [0.1, 0.15) is 5.75 Å². The van der Waals surface area contributed by atoms with Gasteiger partial charge < -0.3 is 4.74 Å². The summed E-state index contributed by atoms with van der Waals surface area (Å²) in [6.07, 6.45) is -0.595. The third-order valence-electron chi connectivity index (χ3n) is 1.72. The van der Waals surface area contributed by atoms with Crippen LogP contribution in [0, 0.1) is 6.92 Å². The summed E-state index contributed by atoms with van der Waals surface area (Å²) >= 11 is 5.27. The van der Waals surface area contributed by atoms with Gasteiger partial charge in [-0.15, -0.1) is 0 Å². The molecule has 0 radical (unpaired) electrons. The van der Waals surface area contributed by atoms with E-state index >= 15 is 0 Å². The maximum atomic E-state index is 10.7. The van der Waals surface area contributed by atoms with Crippen molar-refractivity contribution in [3.8, 4) is 5.75 Å². The molecule has 0 fully saturated rings. The summed E-state index contributed by atoms with van der Waals surface area (Å²) in [5, 5.41) is -0.483. The minimum atomic E-state index is -0.595. The number of carbonyl (C=O) groups is 1. The molecule has 1 atom stereocenters. The fourth-order valence-electron chi connectivity index (χ4n) is 0.925. The van der Waals surface area contributed by atoms with Crippen molar-refractivity contribution in [3.05, 3.63) is 29.8 Å². The van der Waals surface area contributed by atoms with Gasteiger partial charge in [0.2, 0.25) is 0 Å². The second-order valence-electron chi connectivity index (χ2n) is 2.83. The molecule has 70 valence electrons. The summed E-state index contributed by atoms with van der Waals surface area (Å²) in [5.74, 6) is 0.698. The molecular formula is C10H11ClO2. The van der Waals surface area contributed by atoms with Crippen LogP contribution in [-0.2, 0) is 4.79 Å². The molecule has 1 rings (SSSR count). The van der Waals surface area contributed by atoms with Gasteiger partial charge in [-0.25, -0.2) is 0 Å². The molecule has 13 heavy (non-hydrogen) atoms. The van der Waals surface area contributed by atoms with Crippen LogP contribution in [0.15, 0.2) is 24.3 Å². The number of benzene rings is 1. The average Bonchev–Trinajstić information content (AvgIpc) is 2.08. The highest BCUT2D eigenvalue weighted by Gasteiger charge is 2.11.